The molecule has 0 amide bonds. The van der Waals surface area contributed by atoms with Crippen LogP contribution >= 0.6 is 0 Å². The summed E-state index contributed by atoms with van der Waals surface area (Å²) in [5.74, 6) is 1.03. The van der Waals surface area contributed by atoms with Gasteiger partial charge in [-0.1, -0.05) is 26.2 Å². The summed E-state index contributed by atoms with van der Waals surface area (Å²) < 4.78 is 0. The monoisotopic (exact) mass is 204 g/mol. The van der Waals surface area contributed by atoms with Crippen molar-refractivity contribution in [1.29, 1.82) is 0 Å². The molecule has 80 valence electrons. The normalized spacial score (nSPS) is 11.0. The van der Waals surface area contributed by atoms with Gasteiger partial charge in [-0.2, -0.15) is 0 Å². The average molecular weight is 204 g/mol. The molecule has 4 nitrogen and oxygen atoms in total. The highest BCUT2D eigenvalue weighted by Gasteiger charge is 2.02. The number of aromatic nitrogens is 4. The Morgan fingerprint density at radius 1 is 1.27 bits per heavy atom. The van der Waals surface area contributed by atoms with E-state index in [1.54, 1.807) is 6.20 Å². The molecular weight excluding hydrogens is 188 g/mol. The Bertz CT molecular complexity index is 388. The van der Waals surface area contributed by atoms with Crippen LogP contribution in [0.15, 0.2) is 12.5 Å². The quantitative estimate of drug-likeness (QED) is 0.761. The van der Waals surface area contributed by atoms with Gasteiger partial charge in [-0.15, -0.1) is 0 Å². The van der Waals surface area contributed by atoms with Crippen LogP contribution in [0.3, 0.4) is 0 Å². The van der Waals surface area contributed by atoms with E-state index in [4.69, 9.17) is 0 Å². The molecule has 2 aromatic heterocycles. The Hall–Kier alpha value is -1.45. The van der Waals surface area contributed by atoms with E-state index in [1.807, 2.05) is 0 Å². The summed E-state index contributed by atoms with van der Waals surface area (Å²) in [6, 6.07) is 0. The molecule has 0 aliphatic rings. The third-order valence-corrected chi connectivity index (χ3v) is 2.48. The number of imidazole rings is 1. The summed E-state index contributed by atoms with van der Waals surface area (Å²) in [5, 5.41) is 0. The summed E-state index contributed by atoms with van der Waals surface area (Å²) in [7, 11) is 0. The van der Waals surface area contributed by atoms with Crippen LogP contribution in [-0.4, -0.2) is 19.9 Å². The molecule has 0 aliphatic heterocycles. The number of aryl methyl sites for hydroxylation is 1. The Morgan fingerprint density at radius 3 is 3.00 bits per heavy atom. The number of nitrogens with zero attached hydrogens (tertiary/aromatic N) is 3. The number of hydrogen-bond donors (Lipinski definition) is 1. The fourth-order valence-corrected chi connectivity index (χ4v) is 1.65. The van der Waals surface area contributed by atoms with Gasteiger partial charge in [0.25, 0.3) is 0 Å². The topological polar surface area (TPSA) is 54.5 Å². The molecule has 4 heteroatoms. The minimum atomic E-state index is 0.774. The van der Waals surface area contributed by atoms with Crippen molar-refractivity contribution in [2.75, 3.05) is 0 Å². The molecule has 0 atom stereocenters. The molecule has 0 radical (unpaired) electrons. The second-order valence-corrected chi connectivity index (χ2v) is 3.75. The van der Waals surface area contributed by atoms with Crippen molar-refractivity contribution < 1.29 is 0 Å². The zero-order chi connectivity index (χ0) is 10.5. The maximum Gasteiger partial charge on any atom is 0.180 e. The van der Waals surface area contributed by atoms with Crippen LogP contribution in [0.5, 0.6) is 0 Å². The fraction of sp³-hybridized carbons (Fsp3) is 0.545. The first-order valence-corrected chi connectivity index (χ1v) is 5.54. The van der Waals surface area contributed by atoms with Crippen LogP contribution < -0.4 is 0 Å². The summed E-state index contributed by atoms with van der Waals surface area (Å²) in [5.41, 5.74) is 1.71. The lowest BCUT2D eigenvalue weighted by molar-refractivity contribution is 0.656. The van der Waals surface area contributed by atoms with Crippen LogP contribution in [-0.2, 0) is 6.42 Å². The lowest BCUT2D eigenvalue weighted by Crippen LogP contribution is -1.88. The largest absolute Gasteiger partial charge is 0.339 e. The number of rotatable bonds is 5. The zero-order valence-corrected chi connectivity index (χ0v) is 9.03. The summed E-state index contributed by atoms with van der Waals surface area (Å²) in [6.45, 7) is 2.22. The fourth-order valence-electron chi connectivity index (χ4n) is 1.65. The van der Waals surface area contributed by atoms with Crippen LogP contribution in [0.2, 0.25) is 0 Å². The van der Waals surface area contributed by atoms with Crippen molar-refractivity contribution in [2.45, 2.75) is 39.0 Å². The summed E-state index contributed by atoms with van der Waals surface area (Å²) in [6.07, 6.45) is 9.36. The maximum atomic E-state index is 4.40. The van der Waals surface area contributed by atoms with Gasteiger partial charge in [0.15, 0.2) is 5.65 Å². The van der Waals surface area contributed by atoms with Crippen molar-refractivity contribution in [3.05, 3.63) is 18.3 Å². The minimum Gasteiger partial charge on any atom is -0.339 e. The highest BCUT2D eigenvalue weighted by Crippen LogP contribution is 2.09. The van der Waals surface area contributed by atoms with Gasteiger partial charge in [-0.25, -0.2) is 15.0 Å². The molecule has 15 heavy (non-hydrogen) atoms. The average Bonchev–Trinajstić information content (AvgIpc) is 2.67. The van der Waals surface area contributed by atoms with Crippen molar-refractivity contribution in [3.63, 3.8) is 0 Å². The molecule has 0 saturated carbocycles. The van der Waals surface area contributed by atoms with E-state index in [2.05, 4.69) is 26.9 Å². The number of unbranched alkanes of at least 4 members (excludes halogenated alkanes) is 3. The Morgan fingerprint density at radius 2 is 2.20 bits per heavy atom. The second-order valence-electron chi connectivity index (χ2n) is 3.75. The lowest BCUT2D eigenvalue weighted by atomic mass is 10.1. The van der Waals surface area contributed by atoms with Crippen molar-refractivity contribution in [1.82, 2.24) is 19.9 Å². The Labute approximate surface area is 89.2 Å². The number of nitrogens with one attached hydrogen (secondary N) is 1. The van der Waals surface area contributed by atoms with E-state index in [-0.39, 0.29) is 0 Å². The van der Waals surface area contributed by atoms with Gasteiger partial charge < -0.3 is 4.98 Å². The van der Waals surface area contributed by atoms with Gasteiger partial charge in [0.2, 0.25) is 0 Å². The Kier molecular flexibility index (Phi) is 3.27. The summed E-state index contributed by atoms with van der Waals surface area (Å²) >= 11 is 0. The molecule has 0 fully saturated rings. The first-order chi connectivity index (χ1) is 7.40. The van der Waals surface area contributed by atoms with E-state index < -0.39 is 0 Å². The molecule has 0 aromatic carbocycles. The number of aromatic amines is 1. The second kappa shape index (κ2) is 4.87. The molecule has 0 spiro atoms. The van der Waals surface area contributed by atoms with E-state index >= 15 is 0 Å². The molecule has 2 aromatic rings. The van der Waals surface area contributed by atoms with Gasteiger partial charge in [-0.3, -0.25) is 0 Å². The maximum absolute atomic E-state index is 4.40. The van der Waals surface area contributed by atoms with E-state index in [1.165, 1.54) is 32.0 Å². The van der Waals surface area contributed by atoms with Gasteiger partial charge in [-0.05, 0) is 6.42 Å². The molecule has 1 N–H and O–H groups in total. The first kappa shape index (κ1) is 10.1. The van der Waals surface area contributed by atoms with E-state index in [9.17, 15) is 0 Å². The minimum absolute atomic E-state index is 0.774. The Balaban J connectivity index is 1.97. The predicted molar refractivity (Wildman–Crippen MR) is 59.5 cm³/mol. The van der Waals surface area contributed by atoms with Crippen LogP contribution in [0.4, 0.5) is 0 Å². The van der Waals surface area contributed by atoms with Gasteiger partial charge in [0.05, 0.1) is 6.20 Å². The molecular formula is C11H16N4. The number of H-pyrrole nitrogens is 1. The van der Waals surface area contributed by atoms with Gasteiger partial charge >= 0.3 is 0 Å². The van der Waals surface area contributed by atoms with E-state index in [0.29, 0.717) is 0 Å². The number of fused-ring (bicyclic) bond motifs is 1. The molecule has 0 unspecified atom stereocenters. The van der Waals surface area contributed by atoms with Crippen molar-refractivity contribution in [3.8, 4) is 0 Å². The number of hydrogen-bond acceptors (Lipinski definition) is 3. The molecule has 2 heterocycles. The van der Waals surface area contributed by atoms with Gasteiger partial charge in [0, 0.05) is 6.42 Å². The van der Waals surface area contributed by atoms with Crippen LogP contribution in [0, 0.1) is 0 Å². The van der Waals surface area contributed by atoms with E-state index in [0.717, 1.165) is 23.4 Å². The standard InChI is InChI=1S/C11H16N4/c1-2-3-4-5-6-10-14-9-7-12-8-13-11(9)15-10/h7-8H,2-6H2,1H3,(H,12,13,14,15). The van der Waals surface area contributed by atoms with Crippen LogP contribution in [0.1, 0.15) is 38.4 Å². The van der Waals surface area contributed by atoms with Gasteiger partial charge in [0.1, 0.15) is 17.7 Å². The third-order valence-electron chi connectivity index (χ3n) is 2.48. The highest BCUT2D eigenvalue weighted by molar-refractivity contribution is 5.68. The van der Waals surface area contributed by atoms with Crippen LogP contribution in [0.25, 0.3) is 11.2 Å². The molecule has 2 rings (SSSR count). The highest BCUT2D eigenvalue weighted by atomic mass is 15.0. The predicted octanol–water partition coefficient (Wildman–Crippen LogP) is 2.48. The zero-order valence-electron chi connectivity index (χ0n) is 9.03. The smallest absolute Gasteiger partial charge is 0.180 e. The van der Waals surface area contributed by atoms with Crippen molar-refractivity contribution >= 4 is 11.2 Å². The lowest BCUT2D eigenvalue weighted by Gasteiger charge is -1.95. The molecule has 0 bridgehead atoms. The first-order valence-electron chi connectivity index (χ1n) is 5.54. The molecule has 0 aliphatic carbocycles. The van der Waals surface area contributed by atoms with Crippen molar-refractivity contribution in [2.24, 2.45) is 0 Å². The third kappa shape index (κ3) is 2.52. The molecule has 0 saturated heterocycles. The SMILES string of the molecule is CCCCCCc1nc2ncncc2[nH]1. The summed E-state index contributed by atoms with van der Waals surface area (Å²) in [4.78, 5) is 15.7.